The zero-order valence-electron chi connectivity index (χ0n) is 9.30. The summed E-state index contributed by atoms with van der Waals surface area (Å²) >= 11 is 0. The molecule has 0 amide bonds. The smallest absolute Gasteiger partial charge is 0.307 e. The predicted molar refractivity (Wildman–Crippen MR) is 55.9 cm³/mol. The summed E-state index contributed by atoms with van der Waals surface area (Å²) in [5.41, 5.74) is 0. The number of carbonyl (C=O) groups is 2. The van der Waals surface area contributed by atoms with Gasteiger partial charge in [0.2, 0.25) is 0 Å². The van der Waals surface area contributed by atoms with Crippen LogP contribution in [0.25, 0.3) is 0 Å². The number of aliphatic carboxylic acids is 2. The molecule has 0 aromatic rings. The fraction of sp³-hybridized carbons (Fsp3) is 0.818. The third kappa shape index (κ3) is 2.72. The lowest BCUT2D eigenvalue weighted by atomic mass is 9.72. The van der Waals surface area contributed by atoms with Crippen LogP contribution in [0, 0.1) is 17.8 Å². The maximum absolute atomic E-state index is 11.0. The third-order valence-corrected chi connectivity index (χ3v) is 3.49. The van der Waals surface area contributed by atoms with Crippen LogP contribution in [-0.4, -0.2) is 33.4 Å². The van der Waals surface area contributed by atoms with E-state index >= 15 is 0 Å². The molecule has 0 bridgehead atoms. The number of aliphatic hydroxyl groups is 1. The van der Waals surface area contributed by atoms with Gasteiger partial charge >= 0.3 is 11.9 Å². The van der Waals surface area contributed by atoms with Crippen LogP contribution in [0.2, 0.25) is 0 Å². The van der Waals surface area contributed by atoms with Gasteiger partial charge in [-0.1, -0.05) is 6.92 Å². The summed E-state index contributed by atoms with van der Waals surface area (Å²) in [5.74, 6) is -3.87. The highest BCUT2D eigenvalue weighted by Gasteiger charge is 2.40. The SMILES string of the molecule is CCC(O)C1CCC(C(=O)O)C(C(=O)O)C1. The average molecular weight is 230 g/mol. The summed E-state index contributed by atoms with van der Waals surface area (Å²) in [5, 5.41) is 27.6. The summed E-state index contributed by atoms with van der Waals surface area (Å²) in [4.78, 5) is 21.9. The van der Waals surface area contributed by atoms with Crippen LogP contribution in [-0.2, 0) is 9.59 Å². The van der Waals surface area contributed by atoms with E-state index in [2.05, 4.69) is 0 Å². The van der Waals surface area contributed by atoms with E-state index in [0.717, 1.165) is 0 Å². The molecule has 0 aliphatic heterocycles. The Hall–Kier alpha value is -1.10. The fourth-order valence-corrected chi connectivity index (χ4v) is 2.45. The Balaban J connectivity index is 2.72. The van der Waals surface area contributed by atoms with Crippen LogP contribution in [0.15, 0.2) is 0 Å². The minimum Gasteiger partial charge on any atom is -0.481 e. The second-order valence-electron chi connectivity index (χ2n) is 4.44. The van der Waals surface area contributed by atoms with Crippen LogP contribution in [0.4, 0.5) is 0 Å². The summed E-state index contributed by atoms with van der Waals surface area (Å²) in [6.45, 7) is 1.84. The number of hydrogen-bond acceptors (Lipinski definition) is 3. The first-order valence-electron chi connectivity index (χ1n) is 5.61. The van der Waals surface area contributed by atoms with E-state index in [9.17, 15) is 14.7 Å². The van der Waals surface area contributed by atoms with Crippen LogP contribution in [0.3, 0.4) is 0 Å². The molecule has 16 heavy (non-hydrogen) atoms. The lowest BCUT2D eigenvalue weighted by Gasteiger charge is -2.33. The molecule has 0 saturated heterocycles. The second kappa shape index (κ2) is 5.30. The van der Waals surface area contributed by atoms with Crippen LogP contribution in [0.5, 0.6) is 0 Å². The van der Waals surface area contributed by atoms with Crippen molar-refractivity contribution in [2.45, 2.75) is 38.7 Å². The molecule has 1 saturated carbocycles. The number of carboxylic acid groups (broad SMARTS) is 2. The minimum atomic E-state index is -1.07. The molecule has 4 unspecified atom stereocenters. The van der Waals surface area contributed by atoms with Crippen molar-refractivity contribution in [3.05, 3.63) is 0 Å². The molecule has 92 valence electrons. The van der Waals surface area contributed by atoms with Gasteiger partial charge in [-0.05, 0) is 31.6 Å². The van der Waals surface area contributed by atoms with Gasteiger partial charge in [-0.3, -0.25) is 9.59 Å². The highest BCUT2D eigenvalue weighted by molar-refractivity contribution is 5.80. The largest absolute Gasteiger partial charge is 0.481 e. The quantitative estimate of drug-likeness (QED) is 0.668. The molecule has 1 fully saturated rings. The van der Waals surface area contributed by atoms with E-state index in [0.29, 0.717) is 19.3 Å². The second-order valence-corrected chi connectivity index (χ2v) is 4.44. The van der Waals surface area contributed by atoms with Gasteiger partial charge < -0.3 is 15.3 Å². The summed E-state index contributed by atoms with van der Waals surface area (Å²) < 4.78 is 0. The lowest BCUT2D eigenvalue weighted by Crippen LogP contribution is -2.38. The zero-order valence-corrected chi connectivity index (χ0v) is 9.30. The molecule has 0 aromatic heterocycles. The average Bonchev–Trinajstić information content (AvgIpc) is 2.26. The van der Waals surface area contributed by atoms with Crippen LogP contribution < -0.4 is 0 Å². The number of carboxylic acids is 2. The Bertz CT molecular complexity index is 276. The molecule has 5 nitrogen and oxygen atoms in total. The Morgan fingerprint density at radius 2 is 1.75 bits per heavy atom. The third-order valence-electron chi connectivity index (χ3n) is 3.49. The first-order chi connectivity index (χ1) is 7.47. The van der Waals surface area contributed by atoms with Crippen LogP contribution in [0.1, 0.15) is 32.6 Å². The molecule has 0 aromatic carbocycles. The van der Waals surface area contributed by atoms with Crippen molar-refractivity contribution in [3.63, 3.8) is 0 Å². The van der Waals surface area contributed by atoms with Crippen LogP contribution >= 0.6 is 0 Å². The van der Waals surface area contributed by atoms with Gasteiger partial charge in [0.25, 0.3) is 0 Å². The fourth-order valence-electron chi connectivity index (χ4n) is 2.45. The number of rotatable bonds is 4. The maximum Gasteiger partial charge on any atom is 0.307 e. The standard InChI is InChI=1S/C11H18O5/c1-2-9(12)6-3-4-7(10(13)14)8(5-6)11(15)16/h6-9,12H,2-5H2,1H3,(H,13,14)(H,15,16). The minimum absolute atomic E-state index is 0.0818. The Labute approximate surface area is 94.1 Å². The molecule has 0 spiro atoms. The highest BCUT2D eigenvalue weighted by atomic mass is 16.4. The first kappa shape index (κ1) is 13.0. The summed E-state index contributed by atoms with van der Waals surface area (Å²) in [7, 11) is 0. The van der Waals surface area contributed by atoms with Crippen molar-refractivity contribution in [2.24, 2.45) is 17.8 Å². The lowest BCUT2D eigenvalue weighted by molar-refractivity contribution is -0.157. The van der Waals surface area contributed by atoms with Crippen molar-refractivity contribution < 1.29 is 24.9 Å². The number of aliphatic hydroxyl groups excluding tert-OH is 1. The summed E-state index contributed by atoms with van der Waals surface area (Å²) in [6.07, 6.45) is 1.26. The van der Waals surface area contributed by atoms with Crippen molar-refractivity contribution in [1.29, 1.82) is 0 Å². The molecular formula is C11H18O5. The molecule has 3 N–H and O–H groups in total. The Morgan fingerprint density at radius 3 is 2.19 bits per heavy atom. The van der Waals surface area contributed by atoms with Crippen molar-refractivity contribution in [2.75, 3.05) is 0 Å². The van der Waals surface area contributed by atoms with Gasteiger partial charge in [0, 0.05) is 0 Å². The molecule has 1 aliphatic rings. The molecule has 0 radical (unpaired) electrons. The molecule has 0 heterocycles. The van der Waals surface area contributed by atoms with E-state index in [1.165, 1.54) is 0 Å². The van der Waals surface area contributed by atoms with E-state index in [-0.39, 0.29) is 12.3 Å². The molecular weight excluding hydrogens is 212 g/mol. The normalized spacial score (nSPS) is 32.0. The molecule has 1 rings (SSSR count). The van der Waals surface area contributed by atoms with Crippen molar-refractivity contribution in [1.82, 2.24) is 0 Å². The zero-order chi connectivity index (χ0) is 12.3. The van der Waals surface area contributed by atoms with Crippen molar-refractivity contribution >= 4 is 11.9 Å². The van der Waals surface area contributed by atoms with Gasteiger partial charge in [-0.2, -0.15) is 0 Å². The van der Waals surface area contributed by atoms with E-state index in [1.807, 2.05) is 6.92 Å². The number of hydrogen-bond donors (Lipinski definition) is 3. The van der Waals surface area contributed by atoms with Crippen molar-refractivity contribution in [3.8, 4) is 0 Å². The van der Waals surface area contributed by atoms with Gasteiger partial charge in [0.05, 0.1) is 17.9 Å². The highest BCUT2D eigenvalue weighted by Crippen LogP contribution is 2.36. The first-order valence-corrected chi connectivity index (χ1v) is 5.61. The molecule has 5 heteroatoms. The van der Waals surface area contributed by atoms with Gasteiger partial charge in [-0.25, -0.2) is 0 Å². The van der Waals surface area contributed by atoms with E-state index in [1.54, 1.807) is 0 Å². The van der Waals surface area contributed by atoms with E-state index in [4.69, 9.17) is 10.2 Å². The predicted octanol–water partition coefficient (Wildman–Crippen LogP) is 0.959. The van der Waals surface area contributed by atoms with E-state index < -0.39 is 29.9 Å². The molecule has 1 aliphatic carbocycles. The van der Waals surface area contributed by atoms with Gasteiger partial charge in [0.1, 0.15) is 0 Å². The monoisotopic (exact) mass is 230 g/mol. The molecule has 4 atom stereocenters. The Kier molecular flexibility index (Phi) is 4.29. The Morgan fingerprint density at radius 1 is 1.19 bits per heavy atom. The maximum atomic E-state index is 11.0. The topological polar surface area (TPSA) is 94.8 Å². The van der Waals surface area contributed by atoms with Gasteiger partial charge in [0.15, 0.2) is 0 Å². The van der Waals surface area contributed by atoms with Gasteiger partial charge in [-0.15, -0.1) is 0 Å². The summed E-state index contributed by atoms with van der Waals surface area (Å²) in [6, 6.07) is 0.